The van der Waals surface area contributed by atoms with Crippen molar-refractivity contribution in [3.63, 3.8) is 0 Å². The van der Waals surface area contributed by atoms with Crippen LogP contribution < -0.4 is 5.32 Å². The second-order valence-electron chi connectivity index (χ2n) is 13.2. The second-order valence-corrected chi connectivity index (χ2v) is 14.4. The van der Waals surface area contributed by atoms with Crippen molar-refractivity contribution in [1.29, 1.82) is 0 Å². The molecule has 1 aliphatic heterocycles. The number of hydrogen-bond acceptors (Lipinski definition) is 2. The van der Waals surface area contributed by atoms with Gasteiger partial charge in [0.15, 0.2) is 0 Å². The Hall–Kier alpha value is -5.57. The minimum Gasteiger partial charge on any atom is -0.368 e. The fourth-order valence-corrected chi connectivity index (χ4v) is 10.2. The SMILES string of the molecule is c1ccc(C2Nc3ccc4ccc5ccc(-c6ccc7c(c6)C6(c8ccccc8-c8ccccc86)c6ccccc6-7)cc5c4c3S2)cc1. The molecule has 1 N–H and O–H groups in total. The van der Waals surface area contributed by atoms with Crippen LogP contribution in [0.1, 0.15) is 33.2 Å². The van der Waals surface area contributed by atoms with Crippen molar-refractivity contribution >= 4 is 39.0 Å². The van der Waals surface area contributed by atoms with Gasteiger partial charge in [-0.2, -0.15) is 0 Å². The molecular weight excluding hydrogens is 599 g/mol. The van der Waals surface area contributed by atoms with Crippen molar-refractivity contribution < 1.29 is 0 Å². The minimum atomic E-state index is -0.339. The molecule has 0 saturated carbocycles. The zero-order valence-electron chi connectivity index (χ0n) is 26.1. The summed E-state index contributed by atoms with van der Waals surface area (Å²) in [6.07, 6.45) is 0. The van der Waals surface area contributed by atoms with Crippen molar-refractivity contribution in [3.8, 4) is 33.4 Å². The topological polar surface area (TPSA) is 12.0 Å². The average Bonchev–Trinajstić information content (AvgIpc) is 3.82. The molecule has 1 nitrogen and oxygen atoms in total. The van der Waals surface area contributed by atoms with E-state index in [0.717, 1.165) is 0 Å². The first-order valence-corrected chi connectivity index (χ1v) is 17.6. The van der Waals surface area contributed by atoms with Crippen LogP contribution in [0, 0.1) is 0 Å². The second kappa shape index (κ2) is 9.73. The lowest BCUT2D eigenvalue weighted by atomic mass is 9.70. The van der Waals surface area contributed by atoms with Crippen molar-refractivity contribution in [1.82, 2.24) is 0 Å². The van der Waals surface area contributed by atoms with Crippen LogP contribution in [0.4, 0.5) is 5.69 Å². The molecule has 1 unspecified atom stereocenters. The molecule has 8 aromatic carbocycles. The average molecular weight is 628 g/mol. The predicted octanol–water partition coefficient (Wildman–Crippen LogP) is 12.2. The number of nitrogens with one attached hydrogen (secondary N) is 1. The third kappa shape index (κ3) is 3.43. The number of benzene rings is 8. The Labute approximate surface area is 283 Å². The van der Waals surface area contributed by atoms with E-state index in [1.165, 1.54) is 93.3 Å². The Morgan fingerprint density at radius 1 is 0.458 bits per heavy atom. The van der Waals surface area contributed by atoms with Gasteiger partial charge in [0.25, 0.3) is 0 Å². The monoisotopic (exact) mass is 627 g/mol. The van der Waals surface area contributed by atoms with E-state index in [1.807, 2.05) is 11.8 Å². The molecule has 0 bridgehead atoms. The summed E-state index contributed by atoms with van der Waals surface area (Å²) in [6.45, 7) is 0. The first-order chi connectivity index (χ1) is 23.8. The lowest BCUT2D eigenvalue weighted by Crippen LogP contribution is -2.25. The van der Waals surface area contributed by atoms with Gasteiger partial charge in [0.05, 0.1) is 5.41 Å². The fraction of sp³-hybridized carbons (Fsp3) is 0.0435. The number of rotatable bonds is 2. The lowest BCUT2D eigenvalue weighted by Gasteiger charge is -2.30. The van der Waals surface area contributed by atoms with Gasteiger partial charge in [-0.05, 0) is 95.6 Å². The molecule has 0 fully saturated rings. The normalized spacial score (nSPS) is 16.0. The molecule has 2 heteroatoms. The highest BCUT2D eigenvalue weighted by atomic mass is 32.2. The zero-order chi connectivity index (χ0) is 31.4. The fourth-order valence-electron chi connectivity index (χ4n) is 8.87. The molecule has 0 saturated heterocycles. The van der Waals surface area contributed by atoms with Crippen LogP contribution in [0.25, 0.3) is 54.9 Å². The van der Waals surface area contributed by atoms with Gasteiger partial charge in [-0.25, -0.2) is 0 Å². The Bertz CT molecular complexity index is 2570. The lowest BCUT2D eigenvalue weighted by molar-refractivity contribution is 0.794. The Kier molecular flexibility index (Phi) is 5.37. The summed E-state index contributed by atoms with van der Waals surface area (Å²) in [7, 11) is 0. The van der Waals surface area contributed by atoms with Gasteiger partial charge in [-0.3, -0.25) is 0 Å². The quantitative estimate of drug-likeness (QED) is 0.191. The van der Waals surface area contributed by atoms with Gasteiger partial charge < -0.3 is 5.32 Å². The van der Waals surface area contributed by atoms with Crippen LogP contribution in [0.3, 0.4) is 0 Å². The van der Waals surface area contributed by atoms with Crippen LogP contribution in [0.15, 0.2) is 169 Å². The molecule has 1 heterocycles. The van der Waals surface area contributed by atoms with E-state index in [2.05, 4.69) is 169 Å². The third-order valence-corrected chi connectivity index (χ3v) is 12.2. The highest BCUT2D eigenvalue weighted by molar-refractivity contribution is 8.00. The van der Waals surface area contributed by atoms with E-state index in [9.17, 15) is 0 Å². The molecule has 2 aliphatic carbocycles. The molecular formula is C46H29NS. The van der Waals surface area contributed by atoms with Crippen LogP contribution in [0.5, 0.6) is 0 Å². The molecule has 11 rings (SSSR count). The van der Waals surface area contributed by atoms with Gasteiger partial charge in [-0.15, -0.1) is 0 Å². The van der Waals surface area contributed by atoms with Crippen molar-refractivity contribution in [3.05, 3.63) is 192 Å². The molecule has 3 aliphatic rings. The highest BCUT2D eigenvalue weighted by Gasteiger charge is 2.51. The Morgan fingerprint density at radius 2 is 1.00 bits per heavy atom. The zero-order valence-corrected chi connectivity index (χ0v) is 26.9. The van der Waals surface area contributed by atoms with E-state index in [4.69, 9.17) is 0 Å². The van der Waals surface area contributed by atoms with E-state index < -0.39 is 0 Å². The van der Waals surface area contributed by atoms with Gasteiger partial charge >= 0.3 is 0 Å². The Morgan fingerprint density at radius 3 is 1.71 bits per heavy atom. The predicted molar refractivity (Wildman–Crippen MR) is 202 cm³/mol. The van der Waals surface area contributed by atoms with Gasteiger partial charge in [0, 0.05) is 16.0 Å². The number of thioether (sulfide) groups is 1. The first-order valence-electron chi connectivity index (χ1n) is 16.7. The Balaban J connectivity index is 1.12. The molecule has 0 aromatic heterocycles. The minimum absolute atomic E-state index is 0.205. The van der Waals surface area contributed by atoms with E-state index in [0.29, 0.717) is 0 Å². The van der Waals surface area contributed by atoms with Crippen LogP contribution in [-0.4, -0.2) is 0 Å². The maximum absolute atomic E-state index is 3.80. The van der Waals surface area contributed by atoms with E-state index >= 15 is 0 Å². The van der Waals surface area contributed by atoms with Crippen molar-refractivity contribution in [2.24, 2.45) is 0 Å². The number of anilines is 1. The van der Waals surface area contributed by atoms with Crippen LogP contribution in [-0.2, 0) is 5.41 Å². The molecule has 8 aromatic rings. The molecule has 0 radical (unpaired) electrons. The largest absolute Gasteiger partial charge is 0.368 e. The molecule has 224 valence electrons. The highest BCUT2D eigenvalue weighted by Crippen LogP contribution is 2.63. The number of fused-ring (bicyclic) bond motifs is 15. The maximum Gasteiger partial charge on any atom is 0.103 e. The van der Waals surface area contributed by atoms with Gasteiger partial charge in [0.1, 0.15) is 5.37 Å². The number of hydrogen-bond donors (Lipinski definition) is 1. The summed E-state index contributed by atoms with van der Waals surface area (Å²) < 4.78 is 0. The summed E-state index contributed by atoms with van der Waals surface area (Å²) in [6, 6.07) is 61.2. The summed E-state index contributed by atoms with van der Waals surface area (Å²) >= 11 is 1.93. The molecule has 1 spiro atoms. The van der Waals surface area contributed by atoms with Crippen LogP contribution >= 0.6 is 11.8 Å². The summed E-state index contributed by atoms with van der Waals surface area (Å²) in [5.41, 5.74) is 15.6. The molecule has 0 amide bonds. The van der Waals surface area contributed by atoms with E-state index in [1.54, 1.807) is 0 Å². The van der Waals surface area contributed by atoms with E-state index in [-0.39, 0.29) is 10.8 Å². The summed E-state index contributed by atoms with van der Waals surface area (Å²) in [5.74, 6) is 0. The standard InChI is InChI=1S/C46H29NS/c1-2-10-30(11-3-1)45-47-42-25-23-29-20-18-28-19-21-31(26-37(28)43(29)44(42)48-45)32-22-24-36-35-14-6-9-17-40(35)46(41(36)27-32)38-15-7-4-12-33(38)34-13-5-8-16-39(34)46/h1-27,45,47H. The summed E-state index contributed by atoms with van der Waals surface area (Å²) in [4.78, 5) is 1.34. The first kappa shape index (κ1) is 26.5. The van der Waals surface area contributed by atoms with Crippen molar-refractivity contribution in [2.75, 3.05) is 5.32 Å². The van der Waals surface area contributed by atoms with Gasteiger partial charge in [0.2, 0.25) is 0 Å². The van der Waals surface area contributed by atoms with Crippen molar-refractivity contribution in [2.45, 2.75) is 15.7 Å². The molecule has 48 heavy (non-hydrogen) atoms. The van der Waals surface area contributed by atoms with Crippen LogP contribution in [0.2, 0.25) is 0 Å². The molecule has 1 atom stereocenters. The van der Waals surface area contributed by atoms with Gasteiger partial charge in [-0.1, -0.05) is 157 Å². The third-order valence-electron chi connectivity index (χ3n) is 10.9. The maximum atomic E-state index is 3.80. The summed E-state index contributed by atoms with van der Waals surface area (Å²) in [5, 5.41) is 9.20. The smallest absolute Gasteiger partial charge is 0.103 e.